The van der Waals surface area contributed by atoms with Gasteiger partial charge in [0, 0.05) is 16.6 Å². The van der Waals surface area contributed by atoms with Crippen molar-refractivity contribution in [3.8, 4) is 5.75 Å². The average Bonchev–Trinajstić information content (AvgIpc) is 2.27. The number of aryl methyl sites for hydroxylation is 1. The van der Waals surface area contributed by atoms with Crippen molar-refractivity contribution in [2.75, 3.05) is 7.11 Å². The second-order valence-electron chi connectivity index (χ2n) is 4.03. The van der Waals surface area contributed by atoms with Crippen LogP contribution in [-0.4, -0.2) is 18.0 Å². The average molecular weight is 265 g/mol. The highest BCUT2D eigenvalue weighted by Gasteiger charge is 2.14. The predicted molar refractivity (Wildman–Crippen MR) is 70.9 cm³/mol. The number of hydrogen-bond donors (Lipinski definition) is 1. The van der Waals surface area contributed by atoms with Gasteiger partial charge < -0.3 is 10.5 Å². The largest absolute Gasteiger partial charge is 0.496 e. The van der Waals surface area contributed by atoms with Crippen molar-refractivity contribution in [3.63, 3.8) is 0 Å². The summed E-state index contributed by atoms with van der Waals surface area (Å²) in [6.07, 6.45) is 0.0744. The van der Waals surface area contributed by atoms with Crippen LogP contribution in [0.15, 0.2) is 18.2 Å². The van der Waals surface area contributed by atoms with E-state index < -0.39 is 5.91 Å². The summed E-state index contributed by atoms with van der Waals surface area (Å²) >= 11 is 6.23. The normalized spacial score (nSPS) is 10.6. The summed E-state index contributed by atoms with van der Waals surface area (Å²) in [7, 11) is 1.54. The maximum atomic E-state index is 11.2. The minimum atomic E-state index is -0.433. The monoisotopic (exact) mass is 264 g/mol. The van der Waals surface area contributed by atoms with E-state index in [0.717, 1.165) is 16.6 Å². The highest BCUT2D eigenvalue weighted by Crippen LogP contribution is 2.32. The van der Waals surface area contributed by atoms with Gasteiger partial charge >= 0.3 is 0 Å². The van der Waals surface area contributed by atoms with Crippen LogP contribution in [0.2, 0.25) is 5.02 Å². The van der Waals surface area contributed by atoms with Gasteiger partial charge in [-0.05, 0) is 25.1 Å². The molecule has 0 fully saturated rings. The second kappa shape index (κ2) is 4.82. The standard InChI is InChI=1S/C13H13ClN2O2/c1-7-5-9(14)13-8(6-12(15)17)11(18-2)4-3-10(13)16-7/h3-5H,6H2,1-2H3,(H2,15,17). The number of aromatic nitrogens is 1. The molecule has 4 nitrogen and oxygen atoms in total. The quantitative estimate of drug-likeness (QED) is 0.925. The summed E-state index contributed by atoms with van der Waals surface area (Å²) in [6.45, 7) is 1.86. The van der Waals surface area contributed by atoms with Crippen LogP contribution in [0.3, 0.4) is 0 Å². The van der Waals surface area contributed by atoms with E-state index in [4.69, 9.17) is 22.1 Å². The third-order valence-corrected chi connectivity index (χ3v) is 2.99. The maximum Gasteiger partial charge on any atom is 0.222 e. The Balaban J connectivity index is 2.79. The van der Waals surface area contributed by atoms with Gasteiger partial charge in [0.2, 0.25) is 5.91 Å². The molecule has 1 heterocycles. The molecule has 0 aliphatic heterocycles. The molecule has 18 heavy (non-hydrogen) atoms. The molecule has 0 saturated heterocycles. The molecule has 1 amide bonds. The smallest absolute Gasteiger partial charge is 0.222 e. The molecule has 2 rings (SSSR count). The number of carbonyl (C=O) groups excluding carboxylic acids is 1. The summed E-state index contributed by atoms with van der Waals surface area (Å²) in [6, 6.07) is 5.34. The Labute approximate surface area is 110 Å². The Hall–Kier alpha value is -1.81. The molecule has 2 N–H and O–H groups in total. The lowest BCUT2D eigenvalue weighted by molar-refractivity contribution is -0.117. The highest BCUT2D eigenvalue weighted by atomic mass is 35.5. The van der Waals surface area contributed by atoms with Gasteiger partial charge in [0.25, 0.3) is 0 Å². The molecule has 5 heteroatoms. The number of rotatable bonds is 3. The number of carbonyl (C=O) groups is 1. The van der Waals surface area contributed by atoms with Gasteiger partial charge in [-0.1, -0.05) is 11.6 Å². The molecular weight excluding hydrogens is 252 g/mol. The fraction of sp³-hybridized carbons (Fsp3) is 0.231. The number of primary amides is 1. The Bertz CT molecular complexity index is 626. The summed E-state index contributed by atoms with van der Waals surface area (Å²) in [4.78, 5) is 15.5. The van der Waals surface area contributed by atoms with Crippen LogP contribution >= 0.6 is 11.6 Å². The highest BCUT2D eigenvalue weighted by molar-refractivity contribution is 6.35. The summed E-state index contributed by atoms with van der Waals surface area (Å²) in [5, 5.41) is 1.27. The molecule has 0 unspecified atom stereocenters. The number of pyridine rings is 1. The summed E-state index contributed by atoms with van der Waals surface area (Å²) in [5.74, 6) is 0.159. The molecule has 0 atom stereocenters. The third kappa shape index (κ3) is 2.24. The zero-order valence-electron chi connectivity index (χ0n) is 10.2. The molecule has 0 aliphatic carbocycles. The first kappa shape index (κ1) is 12.6. The molecule has 1 aromatic carbocycles. The lowest BCUT2D eigenvalue weighted by Gasteiger charge is -2.12. The Morgan fingerprint density at radius 2 is 2.22 bits per heavy atom. The van der Waals surface area contributed by atoms with Gasteiger partial charge in [0.05, 0.1) is 24.1 Å². The van der Waals surface area contributed by atoms with E-state index in [1.807, 2.05) is 13.0 Å². The topological polar surface area (TPSA) is 65.2 Å². The SMILES string of the molecule is COc1ccc2nc(C)cc(Cl)c2c1CC(N)=O. The van der Waals surface area contributed by atoms with E-state index >= 15 is 0 Å². The molecule has 1 aromatic heterocycles. The first-order chi connectivity index (χ1) is 8.52. The van der Waals surface area contributed by atoms with Crippen molar-refractivity contribution >= 4 is 28.4 Å². The summed E-state index contributed by atoms with van der Waals surface area (Å²) < 4.78 is 5.25. The third-order valence-electron chi connectivity index (χ3n) is 2.69. The zero-order valence-corrected chi connectivity index (χ0v) is 10.9. The van der Waals surface area contributed by atoms with Gasteiger partial charge in [0.15, 0.2) is 0 Å². The number of benzene rings is 1. The lowest BCUT2D eigenvalue weighted by atomic mass is 10.0. The number of hydrogen-bond acceptors (Lipinski definition) is 3. The Morgan fingerprint density at radius 3 is 2.83 bits per heavy atom. The molecule has 0 bridgehead atoms. The molecule has 0 spiro atoms. The van der Waals surface area contributed by atoms with Crippen LogP contribution in [0.5, 0.6) is 5.75 Å². The van der Waals surface area contributed by atoms with Crippen LogP contribution in [0.1, 0.15) is 11.3 Å². The number of ether oxygens (including phenoxy) is 1. The molecular formula is C13H13ClN2O2. The second-order valence-corrected chi connectivity index (χ2v) is 4.44. The fourth-order valence-corrected chi connectivity index (χ4v) is 2.36. The van der Waals surface area contributed by atoms with E-state index in [1.165, 1.54) is 0 Å². The van der Waals surface area contributed by atoms with E-state index in [1.54, 1.807) is 19.2 Å². The molecule has 2 aromatic rings. The van der Waals surface area contributed by atoms with Gasteiger partial charge in [-0.25, -0.2) is 0 Å². The zero-order chi connectivity index (χ0) is 13.3. The van der Waals surface area contributed by atoms with Crippen molar-refractivity contribution < 1.29 is 9.53 Å². The van der Waals surface area contributed by atoms with Crippen molar-refractivity contribution in [1.29, 1.82) is 0 Å². The fourth-order valence-electron chi connectivity index (χ4n) is 1.99. The Kier molecular flexibility index (Phi) is 3.39. The predicted octanol–water partition coefficient (Wildman–Crippen LogP) is 2.23. The van der Waals surface area contributed by atoms with E-state index in [-0.39, 0.29) is 6.42 Å². The van der Waals surface area contributed by atoms with Crippen LogP contribution in [0, 0.1) is 6.92 Å². The number of amides is 1. The number of halogens is 1. The molecule has 0 aliphatic rings. The van der Waals surface area contributed by atoms with Crippen molar-refractivity contribution in [3.05, 3.63) is 34.5 Å². The van der Waals surface area contributed by atoms with E-state index in [2.05, 4.69) is 4.98 Å². The maximum absolute atomic E-state index is 11.2. The van der Waals surface area contributed by atoms with Crippen LogP contribution in [-0.2, 0) is 11.2 Å². The van der Waals surface area contributed by atoms with E-state index in [9.17, 15) is 4.79 Å². The number of nitrogens with zero attached hydrogens (tertiary/aromatic N) is 1. The van der Waals surface area contributed by atoms with Crippen molar-refractivity contribution in [2.24, 2.45) is 5.73 Å². The molecule has 0 saturated carbocycles. The minimum absolute atomic E-state index is 0.0744. The van der Waals surface area contributed by atoms with Gasteiger partial charge in [-0.15, -0.1) is 0 Å². The van der Waals surface area contributed by atoms with Gasteiger partial charge in [-0.2, -0.15) is 0 Å². The summed E-state index contributed by atoms with van der Waals surface area (Å²) in [5.41, 5.74) is 7.50. The van der Waals surface area contributed by atoms with Gasteiger partial charge in [0.1, 0.15) is 5.75 Å². The lowest BCUT2D eigenvalue weighted by Crippen LogP contribution is -2.14. The number of nitrogens with two attached hydrogens (primary N) is 1. The Morgan fingerprint density at radius 1 is 1.50 bits per heavy atom. The van der Waals surface area contributed by atoms with Crippen LogP contribution in [0.25, 0.3) is 10.9 Å². The first-order valence-electron chi connectivity index (χ1n) is 5.44. The van der Waals surface area contributed by atoms with Crippen LogP contribution in [0.4, 0.5) is 0 Å². The number of fused-ring (bicyclic) bond motifs is 1. The van der Waals surface area contributed by atoms with Gasteiger partial charge in [-0.3, -0.25) is 9.78 Å². The van der Waals surface area contributed by atoms with Crippen LogP contribution < -0.4 is 10.5 Å². The molecule has 0 radical (unpaired) electrons. The minimum Gasteiger partial charge on any atom is -0.496 e. The molecule has 94 valence electrons. The van der Waals surface area contributed by atoms with E-state index in [0.29, 0.717) is 16.3 Å². The van der Waals surface area contributed by atoms with Crippen molar-refractivity contribution in [2.45, 2.75) is 13.3 Å². The first-order valence-corrected chi connectivity index (χ1v) is 5.81. The van der Waals surface area contributed by atoms with Crippen molar-refractivity contribution in [1.82, 2.24) is 4.98 Å². The number of methoxy groups -OCH3 is 1.